The number of nitrogens with zero attached hydrogens (tertiary/aromatic N) is 1. The fourth-order valence-corrected chi connectivity index (χ4v) is 2.98. The Hall–Kier alpha value is -3.29. The molecule has 0 bridgehead atoms. The molecule has 0 atom stereocenters. The van der Waals surface area contributed by atoms with Crippen LogP contribution in [-0.4, -0.2) is 29.6 Å². The molecule has 2 aromatic carbocycles. The molecule has 152 valence electrons. The lowest BCUT2D eigenvalue weighted by Gasteiger charge is -2.17. The number of rotatable bonds is 6. The lowest BCUT2D eigenvalue weighted by atomic mass is 10.0. The SMILES string of the molecule is CC(C)CN1C(=O)C(Nc2ccc(OC(F)(F)F)cc2)=C(c2ccccc2)C1=O. The summed E-state index contributed by atoms with van der Waals surface area (Å²) in [5.74, 6) is -1.18. The summed E-state index contributed by atoms with van der Waals surface area (Å²) in [6.45, 7) is 4.05. The maximum atomic E-state index is 12.9. The van der Waals surface area contributed by atoms with E-state index in [4.69, 9.17) is 0 Å². The van der Waals surface area contributed by atoms with Gasteiger partial charge in [-0.05, 0) is 35.7 Å². The van der Waals surface area contributed by atoms with E-state index in [0.29, 0.717) is 11.3 Å². The molecule has 0 aromatic heterocycles. The van der Waals surface area contributed by atoms with Crippen LogP contribution in [0.15, 0.2) is 60.3 Å². The molecule has 1 heterocycles. The molecular weight excluding hydrogens is 385 g/mol. The average molecular weight is 404 g/mol. The Morgan fingerprint density at radius 1 is 0.966 bits per heavy atom. The zero-order chi connectivity index (χ0) is 21.2. The summed E-state index contributed by atoms with van der Waals surface area (Å²) in [5.41, 5.74) is 1.25. The van der Waals surface area contributed by atoms with Crippen LogP contribution in [0.2, 0.25) is 0 Å². The van der Waals surface area contributed by atoms with E-state index in [1.165, 1.54) is 17.0 Å². The van der Waals surface area contributed by atoms with Crippen molar-refractivity contribution >= 4 is 23.1 Å². The lowest BCUT2D eigenvalue weighted by Crippen LogP contribution is -2.35. The number of nitrogens with one attached hydrogen (secondary N) is 1. The van der Waals surface area contributed by atoms with Crippen molar-refractivity contribution in [1.82, 2.24) is 4.90 Å². The molecule has 3 rings (SSSR count). The number of anilines is 1. The quantitative estimate of drug-likeness (QED) is 0.724. The van der Waals surface area contributed by atoms with E-state index < -0.39 is 18.2 Å². The van der Waals surface area contributed by atoms with Crippen molar-refractivity contribution in [3.8, 4) is 5.75 Å². The average Bonchev–Trinajstić information content (AvgIpc) is 2.87. The van der Waals surface area contributed by atoms with Crippen LogP contribution in [0.25, 0.3) is 5.57 Å². The fourth-order valence-electron chi connectivity index (χ4n) is 2.98. The first-order valence-corrected chi connectivity index (χ1v) is 8.94. The molecule has 1 N–H and O–H groups in total. The number of halogens is 3. The molecule has 0 fully saturated rings. The maximum Gasteiger partial charge on any atom is 0.573 e. The largest absolute Gasteiger partial charge is 0.573 e. The molecule has 0 saturated carbocycles. The van der Waals surface area contributed by atoms with E-state index in [1.807, 2.05) is 13.8 Å². The van der Waals surface area contributed by atoms with Gasteiger partial charge in [0.05, 0.1) is 5.57 Å². The molecule has 0 saturated heterocycles. The van der Waals surface area contributed by atoms with Gasteiger partial charge in [0.15, 0.2) is 0 Å². The van der Waals surface area contributed by atoms with Crippen molar-refractivity contribution in [2.75, 3.05) is 11.9 Å². The zero-order valence-electron chi connectivity index (χ0n) is 15.8. The standard InChI is InChI=1S/C21H19F3N2O3/c1-13(2)12-26-19(27)17(14-6-4-3-5-7-14)18(20(26)28)25-15-8-10-16(11-9-15)29-21(22,23)24/h3-11,13,25H,12H2,1-2H3. The van der Waals surface area contributed by atoms with Gasteiger partial charge in [-0.1, -0.05) is 44.2 Å². The second-order valence-corrected chi connectivity index (χ2v) is 6.93. The minimum absolute atomic E-state index is 0.0816. The van der Waals surface area contributed by atoms with E-state index in [2.05, 4.69) is 10.1 Å². The molecule has 0 unspecified atom stereocenters. The van der Waals surface area contributed by atoms with Crippen molar-refractivity contribution < 1.29 is 27.5 Å². The second kappa shape index (κ2) is 7.98. The van der Waals surface area contributed by atoms with Gasteiger partial charge in [0.1, 0.15) is 11.4 Å². The summed E-state index contributed by atoms with van der Waals surface area (Å²) in [6.07, 6.45) is -4.79. The number of imide groups is 1. The Morgan fingerprint density at radius 2 is 1.59 bits per heavy atom. The summed E-state index contributed by atoms with van der Waals surface area (Å²) in [7, 11) is 0. The number of amides is 2. The number of benzene rings is 2. The molecule has 1 aliphatic rings. The summed E-state index contributed by atoms with van der Waals surface area (Å²) in [5, 5.41) is 2.89. The Labute approximate surface area is 165 Å². The third-order valence-electron chi connectivity index (χ3n) is 4.14. The smallest absolute Gasteiger partial charge is 0.406 e. The molecule has 0 aliphatic carbocycles. The second-order valence-electron chi connectivity index (χ2n) is 6.93. The van der Waals surface area contributed by atoms with Gasteiger partial charge in [0.25, 0.3) is 11.8 Å². The Morgan fingerprint density at radius 3 is 2.14 bits per heavy atom. The van der Waals surface area contributed by atoms with Crippen molar-refractivity contribution in [1.29, 1.82) is 0 Å². The van der Waals surface area contributed by atoms with E-state index >= 15 is 0 Å². The highest BCUT2D eigenvalue weighted by molar-refractivity contribution is 6.36. The molecule has 0 radical (unpaired) electrons. The van der Waals surface area contributed by atoms with Crippen molar-refractivity contribution in [2.24, 2.45) is 5.92 Å². The molecule has 2 aromatic rings. The fraction of sp³-hybridized carbons (Fsp3) is 0.238. The molecule has 29 heavy (non-hydrogen) atoms. The minimum Gasteiger partial charge on any atom is -0.406 e. The number of alkyl halides is 3. The first kappa shape index (κ1) is 20.4. The number of carbonyl (C=O) groups is 2. The Bertz CT molecular complexity index is 936. The van der Waals surface area contributed by atoms with Gasteiger partial charge in [-0.15, -0.1) is 13.2 Å². The van der Waals surface area contributed by atoms with Crippen molar-refractivity contribution in [3.05, 3.63) is 65.9 Å². The molecule has 5 nitrogen and oxygen atoms in total. The van der Waals surface area contributed by atoms with E-state index in [1.54, 1.807) is 30.3 Å². The Kier molecular flexibility index (Phi) is 5.63. The number of hydrogen-bond acceptors (Lipinski definition) is 4. The van der Waals surface area contributed by atoms with E-state index in [0.717, 1.165) is 12.1 Å². The predicted molar refractivity (Wildman–Crippen MR) is 102 cm³/mol. The van der Waals surface area contributed by atoms with Gasteiger partial charge in [-0.25, -0.2) is 0 Å². The van der Waals surface area contributed by atoms with Gasteiger partial charge in [-0.2, -0.15) is 0 Å². The third kappa shape index (κ3) is 4.77. The van der Waals surface area contributed by atoms with Gasteiger partial charge < -0.3 is 10.1 Å². The first-order chi connectivity index (χ1) is 13.7. The van der Waals surface area contributed by atoms with Crippen molar-refractivity contribution in [2.45, 2.75) is 20.2 Å². The van der Waals surface area contributed by atoms with Crippen LogP contribution >= 0.6 is 0 Å². The number of hydrogen-bond donors (Lipinski definition) is 1. The van der Waals surface area contributed by atoms with E-state index in [9.17, 15) is 22.8 Å². The molecule has 0 spiro atoms. The topological polar surface area (TPSA) is 58.6 Å². The van der Waals surface area contributed by atoms with Gasteiger partial charge in [0, 0.05) is 12.2 Å². The highest BCUT2D eigenvalue weighted by Gasteiger charge is 2.39. The van der Waals surface area contributed by atoms with Gasteiger partial charge in [0.2, 0.25) is 0 Å². The molecule has 8 heteroatoms. The van der Waals surface area contributed by atoms with Gasteiger partial charge >= 0.3 is 6.36 Å². The van der Waals surface area contributed by atoms with Crippen LogP contribution in [0, 0.1) is 5.92 Å². The van der Waals surface area contributed by atoms with Crippen LogP contribution < -0.4 is 10.1 Å². The predicted octanol–water partition coefficient (Wildman–Crippen LogP) is 4.43. The zero-order valence-corrected chi connectivity index (χ0v) is 15.8. The number of carbonyl (C=O) groups excluding carboxylic acids is 2. The van der Waals surface area contributed by atoms with Crippen LogP contribution in [0.1, 0.15) is 19.4 Å². The van der Waals surface area contributed by atoms with Crippen LogP contribution in [-0.2, 0) is 9.59 Å². The summed E-state index contributed by atoms with van der Waals surface area (Å²) < 4.78 is 40.8. The normalized spacial score (nSPS) is 14.8. The van der Waals surface area contributed by atoms with Gasteiger partial charge in [-0.3, -0.25) is 14.5 Å². The monoisotopic (exact) mass is 404 g/mol. The third-order valence-corrected chi connectivity index (χ3v) is 4.14. The molecule has 2 amide bonds. The van der Waals surface area contributed by atoms with Crippen LogP contribution in [0.3, 0.4) is 0 Å². The van der Waals surface area contributed by atoms with Crippen molar-refractivity contribution in [3.63, 3.8) is 0 Å². The first-order valence-electron chi connectivity index (χ1n) is 8.94. The minimum atomic E-state index is -4.79. The summed E-state index contributed by atoms with van der Waals surface area (Å²) in [4.78, 5) is 27.0. The van der Waals surface area contributed by atoms with Crippen LogP contribution in [0.4, 0.5) is 18.9 Å². The summed E-state index contributed by atoms with van der Waals surface area (Å²) >= 11 is 0. The van der Waals surface area contributed by atoms with E-state index in [-0.39, 0.29) is 29.5 Å². The number of ether oxygens (including phenoxy) is 1. The highest BCUT2D eigenvalue weighted by Crippen LogP contribution is 2.31. The summed E-state index contributed by atoms with van der Waals surface area (Å²) in [6, 6.07) is 13.7. The highest BCUT2D eigenvalue weighted by atomic mass is 19.4. The lowest BCUT2D eigenvalue weighted by molar-refractivity contribution is -0.274. The molecular formula is C21H19F3N2O3. The molecule has 1 aliphatic heterocycles. The van der Waals surface area contributed by atoms with Crippen LogP contribution in [0.5, 0.6) is 5.75 Å². The Balaban J connectivity index is 1.93. The maximum absolute atomic E-state index is 12.9.